The first kappa shape index (κ1) is 13.2. The highest BCUT2D eigenvalue weighted by Gasteiger charge is 2.11. The van der Waals surface area contributed by atoms with E-state index in [-0.39, 0.29) is 12.5 Å². The molecule has 0 unspecified atom stereocenters. The minimum Gasteiger partial charge on any atom is -0.461 e. The van der Waals surface area contributed by atoms with Gasteiger partial charge in [0.1, 0.15) is 6.54 Å². The Morgan fingerprint density at radius 1 is 1.58 bits per heavy atom. The van der Waals surface area contributed by atoms with Gasteiger partial charge in [-0.15, -0.1) is 10.2 Å². The molecule has 0 aromatic carbocycles. The molecule has 8 heteroatoms. The van der Waals surface area contributed by atoms with Gasteiger partial charge < -0.3 is 4.42 Å². The van der Waals surface area contributed by atoms with Crippen molar-refractivity contribution in [2.45, 2.75) is 20.4 Å². The summed E-state index contributed by atoms with van der Waals surface area (Å²) in [6.07, 6.45) is 1.52. The van der Waals surface area contributed by atoms with E-state index in [1.807, 2.05) is 13.8 Å². The fourth-order valence-corrected chi connectivity index (χ4v) is 1.26. The summed E-state index contributed by atoms with van der Waals surface area (Å²) in [5, 5.41) is 11.6. The molecule has 0 aliphatic rings. The van der Waals surface area contributed by atoms with Gasteiger partial charge in [0.25, 0.3) is 5.91 Å². The van der Waals surface area contributed by atoms with Crippen LogP contribution in [0.25, 0.3) is 11.6 Å². The Morgan fingerprint density at radius 3 is 3.11 bits per heavy atom. The number of aromatic nitrogens is 4. The van der Waals surface area contributed by atoms with Gasteiger partial charge in [-0.3, -0.25) is 9.63 Å². The first-order valence-corrected chi connectivity index (χ1v) is 5.87. The lowest BCUT2D eigenvalue weighted by molar-refractivity contribution is -0.135. The number of carbonyl (C=O) groups is 1. The van der Waals surface area contributed by atoms with Gasteiger partial charge in [-0.05, 0) is 23.3 Å². The molecule has 0 radical (unpaired) electrons. The van der Waals surface area contributed by atoms with Crippen LogP contribution in [0.3, 0.4) is 0 Å². The Bertz CT molecular complexity index is 520. The molecule has 0 atom stereocenters. The predicted molar refractivity (Wildman–Crippen MR) is 64.5 cm³/mol. The lowest BCUT2D eigenvalue weighted by Gasteiger charge is -2.06. The number of hydrogen-bond donors (Lipinski definition) is 1. The molecule has 2 rings (SSSR count). The van der Waals surface area contributed by atoms with Crippen LogP contribution in [-0.2, 0) is 16.2 Å². The average molecular weight is 265 g/mol. The van der Waals surface area contributed by atoms with E-state index in [0.717, 1.165) is 0 Å². The van der Waals surface area contributed by atoms with Crippen LogP contribution in [0.5, 0.6) is 0 Å². The van der Waals surface area contributed by atoms with Crippen LogP contribution in [0, 0.1) is 5.92 Å². The molecule has 19 heavy (non-hydrogen) atoms. The van der Waals surface area contributed by atoms with Crippen LogP contribution in [0.4, 0.5) is 0 Å². The minimum absolute atomic E-state index is 0.0637. The summed E-state index contributed by atoms with van der Waals surface area (Å²) >= 11 is 0. The largest absolute Gasteiger partial charge is 0.461 e. The fraction of sp³-hybridized carbons (Fsp3) is 0.455. The summed E-state index contributed by atoms with van der Waals surface area (Å²) in [7, 11) is 0. The molecule has 1 amide bonds. The highest BCUT2D eigenvalue weighted by Crippen LogP contribution is 2.12. The third kappa shape index (κ3) is 3.88. The molecule has 2 aromatic rings. The second kappa shape index (κ2) is 6.10. The van der Waals surface area contributed by atoms with Gasteiger partial charge >= 0.3 is 0 Å². The quantitative estimate of drug-likeness (QED) is 0.770. The molecule has 0 aliphatic heterocycles. The second-order valence-corrected chi connectivity index (χ2v) is 4.35. The Balaban J connectivity index is 1.84. The van der Waals surface area contributed by atoms with Crippen LogP contribution >= 0.6 is 0 Å². The maximum absolute atomic E-state index is 11.5. The molecule has 1 N–H and O–H groups in total. The molecular weight excluding hydrogens is 250 g/mol. The van der Waals surface area contributed by atoms with Crippen LogP contribution in [-0.4, -0.2) is 32.7 Å². The third-order valence-electron chi connectivity index (χ3n) is 2.08. The van der Waals surface area contributed by atoms with Crippen molar-refractivity contribution in [2.24, 2.45) is 5.92 Å². The number of hydrogen-bond acceptors (Lipinski definition) is 6. The van der Waals surface area contributed by atoms with E-state index in [1.54, 1.807) is 12.1 Å². The number of furan rings is 1. The number of carbonyl (C=O) groups excluding carboxylic acids is 1. The van der Waals surface area contributed by atoms with Gasteiger partial charge in [-0.1, -0.05) is 13.8 Å². The van der Waals surface area contributed by atoms with E-state index in [0.29, 0.717) is 24.1 Å². The van der Waals surface area contributed by atoms with Gasteiger partial charge in [0.15, 0.2) is 5.76 Å². The molecule has 0 spiro atoms. The predicted octanol–water partition coefficient (Wildman–Crippen LogP) is 0.637. The Hall–Kier alpha value is -2.22. The normalized spacial score (nSPS) is 10.9. The van der Waals surface area contributed by atoms with Crippen molar-refractivity contribution in [1.29, 1.82) is 0 Å². The SMILES string of the molecule is CC(C)CONC(=O)Cn1nnc(-c2ccco2)n1. The summed E-state index contributed by atoms with van der Waals surface area (Å²) < 4.78 is 5.13. The molecular formula is C11H15N5O3. The number of amides is 1. The van der Waals surface area contributed by atoms with Gasteiger partial charge in [0.2, 0.25) is 5.82 Å². The summed E-state index contributed by atoms with van der Waals surface area (Å²) in [4.78, 5) is 17.7. The Kier molecular flexibility index (Phi) is 4.24. The summed E-state index contributed by atoms with van der Waals surface area (Å²) in [5.74, 6) is 0.836. The van der Waals surface area contributed by atoms with E-state index in [4.69, 9.17) is 9.25 Å². The van der Waals surface area contributed by atoms with Crippen LogP contribution in [0.15, 0.2) is 22.8 Å². The Morgan fingerprint density at radius 2 is 2.42 bits per heavy atom. The topological polar surface area (TPSA) is 95.1 Å². The van der Waals surface area contributed by atoms with Gasteiger partial charge in [0, 0.05) is 0 Å². The van der Waals surface area contributed by atoms with Crippen molar-refractivity contribution in [3.05, 3.63) is 18.4 Å². The molecule has 2 aromatic heterocycles. The van der Waals surface area contributed by atoms with Crippen molar-refractivity contribution in [1.82, 2.24) is 25.7 Å². The summed E-state index contributed by atoms with van der Waals surface area (Å²) in [5.41, 5.74) is 2.32. The van der Waals surface area contributed by atoms with Gasteiger partial charge in [-0.2, -0.15) is 4.80 Å². The number of nitrogens with zero attached hydrogens (tertiary/aromatic N) is 4. The molecule has 0 bridgehead atoms. The standard InChI is InChI=1S/C11H15N5O3/c1-8(2)7-19-14-10(17)6-16-13-11(12-15-16)9-4-3-5-18-9/h3-5,8H,6-7H2,1-2H3,(H,14,17). The first-order chi connectivity index (χ1) is 9.15. The molecule has 102 valence electrons. The molecule has 2 heterocycles. The zero-order valence-electron chi connectivity index (χ0n) is 10.7. The van der Waals surface area contributed by atoms with E-state index >= 15 is 0 Å². The van der Waals surface area contributed by atoms with Gasteiger partial charge in [0.05, 0.1) is 12.9 Å². The highest BCUT2D eigenvalue weighted by molar-refractivity contribution is 5.74. The van der Waals surface area contributed by atoms with Crippen molar-refractivity contribution < 1.29 is 14.0 Å². The summed E-state index contributed by atoms with van der Waals surface area (Å²) in [6, 6.07) is 3.44. The average Bonchev–Trinajstić information content (AvgIpc) is 2.97. The smallest absolute Gasteiger partial charge is 0.267 e. The number of rotatable bonds is 6. The number of nitrogens with one attached hydrogen (secondary N) is 1. The second-order valence-electron chi connectivity index (χ2n) is 4.35. The molecule has 8 nitrogen and oxygen atoms in total. The summed E-state index contributed by atoms with van der Waals surface area (Å²) in [6.45, 7) is 4.36. The molecule has 0 saturated carbocycles. The van der Waals surface area contributed by atoms with Crippen LogP contribution < -0.4 is 5.48 Å². The molecule has 0 aliphatic carbocycles. The maximum Gasteiger partial charge on any atom is 0.267 e. The highest BCUT2D eigenvalue weighted by atomic mass is 16.7. The zero-order valence-corrected chi connectivity index (χ0v) is 10.7. The molecule has 0 fully saturated rings. The van der Waals surface area contributed by atoms with Crippen molar-refractivity contribution in [3.63, 3.8) is 0 Å². The van der Waals surface area contributed by atoms with E-state index in [2.05, 4.69) is 20.9 Å². The maximum atomic E-state index is 11.5. The Labute approximate surface area is 109 Å². The van der Waals surface area contributed by atoms with Crippen LogP contribution in [0.2, 0.25) is 0 Å². The first-order valence-electron chi connectivity index (χ1n) is 5.87. The van der Waals surface area contributed by atoms with E-state index in [9.17, 15) is 4.79 Å². The third-order valence-corrected chi connectivity index (χ3v) is 2.08. The monoisotopic (exact) mass is 265 g/mol. The van der Waals surface area contributed by atoms with E-state index in [1.165, 1.54) is 11.1 Å². The van der Waals surface area contributed by atoms with Crippen molar-refractivity contribution >= 4 is 5.91 Å². The molecule has 0 saturated heterocycles. The lowest BCUT2D eigenvalue weighted by Crippen LogP contribution is -2.29. The van der Waals surface area contributed by atoms with Gasteiger partial charge in [-0.25, -0.2) is 5.48 Å². The minimum atomic E-state index is -0.343. The van der Waals surface area contributed by atoms with Crippen molar-refractivity contribution in [3.8, 4) is 11.6 Å². The van der Waals surface area contributed by atoms with Crippen LogP contribution in [0.1, 0.15) is 13.8 Å². The van der Waals surface area contributed by atoms with Crippen molar-refractivity contribution in [2.75, 3.05) is 6.61 Å². The fourth-order valence-electron chi connectivity index (χ4n) is 1.26. The zero-order chi connectivity index (χ0) is 13.7. The number of hydroxylamine groups is 1. The number of tetrazole rings is 1. The lowest BCUT2D eigenvalue weighted by atomic mass is 10.2. The van der Waals surface area contributed by atoms with E-state index < -0.39 is 0 Å².